The lowest BCUT2D eigenvalue weighted by atomic mass is 10.0. The van der Waals surface area contributed by atoms with Gasteiger partial charge in [0.15, 0.2) is 0 Å². The molecule has 138 valence electrons. The van der Waals surface area contributed by atoms with Crippen molar-refractivity contribution in [2.24, 2.45) is 0 Å². The third-order valence-corrected chi connectivity index (χ3v) is 4.44. The van der Waals surface area contributed by atoms with Gasteiger partial charge in [-0.05, 0) is 6.42 Å². The first kappa shape index (κ1) is 22.7. The number of aliphatic hydroxyl groups is 1. The first-order valence-corrected chi connectivity index (χ1v) is 10.2. The zero-order chi connectivity index (χ0) is 17.0. The second kappa shape index (κ2) is 19.7. The second-order valence-corrected chi connectivity index (χ2v) is 6.86. The molecule has 23 heavy (non-hydrogen) atoms. The summed E-state index contributed by atoms with van der Waals surface area (Å²) < 4.78 is 5.25. The third kappa shape index (κ3) is 19.6. The summed E-state index contributed by atoms with van der Waals surface area (Å²) in [6.45, 7) is 6.86. The largest absolute Gasteiger partial charge is 0.391 e. The Morgan fingerprint density at radius 1 is 0.783 bits per heavy atom. The number of hydrogen-bond donors (Lipinski definition) is 1. The molecule has 0 saturated carbocycles. The normalized spacial score (nSPS) is 12.4. The average Bonchev–Trinajstić information content (AvgIpc) is 2.55. The monoisotopic (exact) mass is 326 g/mol. The SMILES string of the molecule is C=CCOCC(O)CCCCCCCCCCCCCCCC. The number of aliphatic hydroxyl groups excluding tert-OH is 1. The molecule has 1 unspecified atom stereocenters. The van der Waals surface area contributed by atoms with Crippen molar-refractivity contribution in [2.45, 2.75) is 109 Å². The zero-order valence-electron chi connectivity index (χ0n) is 15.7. The smallest absolute Gasteiger partial charge is 0.0773 e. The molecule has 0 spiro atoms. The molecule has 0 aromatic carbocycles. The molecular weight excluding hydrogens is 284 g/mol. The highest BCUT2D eigenvalue weighted by Crippen LogP contribution is 2.13. The van der Waals surface area contributed by atoms with Crippen LogP contribution in [0.2, 0.25) is 0 Å². The minimum Gasteiger partial charge on any atom is -0.391 e. The van der Waals surface area contributed by atoms with Gasteiger partial charge in [0.1, 0.15) is 0 Å². The summed E-state index contributed by atoms with van der Waals surface area (Å²) in [6.07, 6.45) is 21.5. The number of rotatable bonds is 19. The van der Waals surface area contributed by atoms with E-state index >= 15 is 0 Å². The maximum absolute atomic E-state index is 9.71. The summed E-state index contributed by atoms with van der Waals surface area (Å²) in [7, 11) is 0. The first-order valence-electron chi connectivity index (χ1n) is 10.2. The molecule has 1 atom stereocenters. The van der Waals surface area contributed by atoms with Gasteiger partial charge < -0.3 is 9.84 Å². The van der Waals surface area contributed by atoms with Crippen molar-refractivity contribution in [1.29, 1.82) is 0 Å². The Morgan fingerprint density at radius 3 is 1.65 bits per heavy atom. The molecule has 1 N–H and O–H groups in total. The fourth-order valence-corrected chi connectivity index (χ4v) is 2.95. The maximum Gasteiger partial charge on any atom is 0.0773 e. The molecule has 0 aliphatic carbocycles. The fourth-order valence-electron chi connectivity index (χ4n) is 2.95. The van der Waals surface area contributed by atoms with Gasteiger partial charge in [0.25, 0.3) is 0 Å². The van der Waals surface area contributed by atoms with Crippen molar-refractivity contribution in [3.63, 3.8) is 0 Å². The predicted octanol–water partition coefficient (Wildman–Crippen LogP) is 6.42. The fraction of sp³-hybridized carbons (Fsp3) is 0.905. The van der Waals surface area contributed by atoms with Crippen molar-refractivity contribution < 1.29 is 9.84 Å². The van der Waals surface area contributed by atoms with E-state index in [0.717, 1.165) is 12.8 Å². The Morgan fingerprint density at radius 2 is 1.22 bits per heavy atom. The van der Waals surface area contributed by atoms with Crippen molar-refractivity contribution in [1.82, 2.24) is 0 Å². The summed E-state index contributed by atoms with van der Waals surface area (Å²) in [4.78, 5) is 0. The molecule has 0 heterocycles. The van der Waals surface area contributed by atoms with Crippen LogP contribution < -0.4 is 0 Å². The lowest BCUT2D eigenvalue weighted by Gasteiger charge is -2.10. The molecule has 0 aliphatic rings. The Bertz CT molecular complexity index is 228. The summed E-state index contributed by atoms with van der Waals surface area (Å²) in [5.74, 6) is 0. The van der Waals surface area contributed by atoms with Crippen LogP contribution in [0.3, 0.4) is 0 Å². The van der Waals surface area contributed by atoms with E-state index in [-0.39, 0.29) is 6.10 Å². The molecule has 2 nitrogen and oxygen atoms in total. The van der Waals surface area contributed by atoms with Crippen molar-refractivity contribution in [2.75, 3.05) is 13.2 Å². The van der Waals surface area contributed by atoms with Gasteiger partial charge in [0, 0.05) is 0 Å². The van der Waals surface area contributed by atoms with Crippen molar-refractivity contribution >= 4 is 0 Å². The van der Waals surface area contributed by atoms with Crippen LogP contribution in [0.15, 0.2) is 12.7 Å². The van der Waals surface area contributed by atoms with E-state index in [0.29, 0.717) is 13.2 Å². The van der Waals surface area contributed by atoms with Gasteiger partial charge in [0.2, 0.25) is 0 Å². The van der Waals surface area contributed by atoms with Crippen LogP contribution >= 0.6 is 0 Å². The molecule has 0 aliphatic heterocycles. The van der Waals surface area contributed by atoms with Gasteiger partial charge in [0.05, 0.1) is 19.3 Å². The molecular formula is C21H42O2. The Balaban J connectivity index is 3.06. The van der Waals surface area contributed by atoms with E-state index in [9.17, 15) is 5.11 Å². The highest BCUT2D eigenvalue weighted by atomic mass is 16.5. The summed E-state index contributed by atoms with van der Waals surface area (Å²) in [5.41, 5.74) is 0. The molecule has 0 radical (unpaired) electrons. The van der Waals surface area contributed by atoms with Gasteiger partial charge in [-0.25, -0.2) is 0 Å². The minimum atomic E-state index is -0.299. The first-order chi connectivity index (χ1) is 11.3. The molecule has 0 fully saturated rings. The van der Waals surface area contributed by atoms with Crippen LogP contribution in [-0.4, -0.2) is 24.4 Å². The van der Waals surface area contributed by atoms with Crippen LogP contribution in [0.1, 0.15) is 103 Å². The lowest BCUT2D eigenvalue weighted by molar-refractivity contribution is 0.0431. The molecule has 0 amide bonds. The summed E-state index contributed by atoms with van der Waals surface area (Å²) in [6, 6.07) is 0. The standard InChI is InChI=1S/C21H42O2/c1-3-5-6-7-8-9-10-11-12-13-14-15-16-17-18-21(22)20-23-19-4-2/h4,21-22H,2-3,5-20H2,1H3. The van der Waals surface area contributed by atoms with E-state index in [2.05, 4.69) is 13.5 Å². The van der Waals surface area contributed by atoms with Gasteiger partial charge >= 0.3 is 0 Å². The summed E-state index contributed by atoms with van der Waals surface area (Å²) >= 11 is 0. The molecule has 0 bridgehead atoms. The second-order valence-electron chi connectivity index (χ2n) is 6.86. The minimum absolute atomic E-state index is 0.299. The van der Waals surface area contributed by atoms with Gasteiger partial charge in [-0.2, -0.15) is 0 Å². The van der Waals surface area contributed by atoms with Crippen LogP contribution in [0, 0.1) is 0 Å². The quantitative estimate of drug-likeness (QED) is 0.219. The van der Waals surface area contributed by atoms with E-state index in [4.69, 9.17) is 4.74 Å². The van der Waals surface area contributed by atoms with E-state index < -0.39 is 0 Å². The molecule has 0 saturated heterocycles. The molecule has 2 heteroatoms. The highest BCUT2D eigenvalue weighted by Gasteiger charge is 2.03. The predicted molar refractivity (Wildman–Crippen MR) is 102 cm³/mol. The number of unbranched alkanes of at least 4 members (excludes halogenated alkanes) is 13. The molecule has 0 aromatic rings. The Labute approximate surface area is 145 Å². The third-order valence-electron chi connectivity index (χ3n) is 4.44. The van der Waals surface area contributed by atoms with E-state index in [1.165, 1.54) is 83.5 Å². The van der Waals surface area contributed by atoms with Crippen LogP contribution in [0.4, 0.5) is 0 Å². The van der Waals surface area contributed by atoms with Crippen LogP contribution in [-0.2, 0) is 4.74 Å². The topological polar surface area (TPSA) is 29.5 Å². The van der Waals surface area contributed by atoms with Gasteiger partial charge in [-0.3, -0.25) is 0 Å². The average molecular weight is 327 g/mol. The van der Waals surface area contributed by atoms with E-state index in [1.54, 1.807) is 6.08 Å². The Hall–Kier alpha value is -0.340. The molecule has 0 rings (SSSR count). The number of hydrogen-bond acceptors (Lipinski definition) is 2. The van der Waals surface area contributed by atoms with Crippen molar-refractivity contribution in [3.8, 4) is 0 Å². The summed E-state index contributed by atoms with van der Waals surface area (Å²) in [5, 5.41) is 9.71. The number of ether oxygens (including phenoxy) is 1. The highest BCUT2D eigenvalue weighted by molar-refractivity contribution is 4.65. The lowest BCUT2D eigenvalue weighted by Crippen LogP contribution is -2.15. The zero-order valence-corrected chi connectivity index (χ0v) is 15.7. The Kier molecular flexibility index (Phi) is 19.4. The van der Waals surface area contributed by atoms with Gasteiger partial charge in [-0.15, -0.1) is 6.58 Å². The van der Waals surface area contributed by atoms with E-state index in [1.807, 2.05) is 0 Å². The molecule has 0 aromatic heterocycles. The van der Waals surface area contributed by atoms with Crippen LogP contribution in [0.25, 0.3) is 0 Å². The van der Waals surface area contributed by atoms with Crippen LogP contribution in [0.5, 0.6) is 0 Å². The van der Waals surface area contributed by atoms with Gasteiger partial charge in [-0.1, -0.05) is 103 Å². The van der Waals surface area contributed by atoms with Crippen molar-refractivity contribution in [3.05, 3.63) is 12.7 Å². The maximum atomic E-state index is 9.71.